The molecular weight excluding hydrogens is 271 g/mol. The van der Waals surface area contributed by atoms with Gasteiger partial charge in [0.1, 0.15) is 18.7 Å². The van der Waals surface area contributed by atoms with Crippen molar-refractivity contribution in [2.75, 3.05) is 0 Å². The lowest BCUT2D eigenvalue weighted by atomic mass is 10.2. The molecule has 0 fully saturated rings. The molecule has 0 saturated heterocycles. The Morgan fingerprint density at radius 1 is 1.00 bits per heavy atom. The Morgan fingerprint density at radius 2 is 1.81 bits per heavy atom. The predicted molar refractivity (Wildman–Crippen MR) is 74.3 cm³/mol. The van der Waals surface area contributed by atoms with E-state index in [1.807, 2.05) is 12.1 Å². The molecule has 0 N–H and O–H groups in total. The normalized spacial score (nSPS) is 10.5. The second-order valence-corrected chi connectivity index (χ2v) is 4.59. The molecule has 0 aliphatic carbocycles. The molecule has 0 aliphatic rings. The Bertz CT molecular complexity index is 679. The van der Waals surface area contributed by atoms with Crippen molar-refractivity contribution in [3.05, 3.63) is 77.6 Å². The topological polar surface area (TPSA) is 48.2 Å². The second kappa shape index (κ2) is 6.17. The molecule has 1 aromatic carbocycles. The molecule has 2 heterocycles. The monoisotopic (exact) mass is 284 g/mol. The number of aromatic nitrogens is 2. The summed E-state index contributed by atoms with van der Waals surface area (Å²) >= 11 is 0. The van der Waals surface area contributed by atoms with Crippen LogP contribution < -0.4 is 4.74 Å². The Balaban J connectivity index is 1.58. The van der Waals surface area contributed by atoms with Crippen LogP contribution >= 0.6 is 0 Å². The zero-order chi connectivity index (χ0) is 14.5. The zero-order valence-corrected chi connectivity index (χ0v) is 11.2. The molecule has 4 nitrogen and oxygen atoms in total. The van der Waals surface area contributed by atoms with E-state index in [0.29, 0.717) is 18.9 Å². The molecule has 0 spiro atoms. The van der Waals surface area contributed by atoms with E-state index in [0.717, 1.165) is 16.8 Å². The summed E-state index contributed by atoms with van der Waals surface area (Å²) in [6, 6.07) is 11.8. The minimum absolute atomic E-state index is 0.255. The van der Waals surface area contributed by atoms with Crippen molar-refractivity contribution in [2.24, 2.45) is 0 Å². The van der Waals surface area contributed by atoms with Crippen LogP contribution in [0.15, 0.2) is 59.4 Å². The third kappa shape index (κ3) is 3.66. The number of pyridine rings is 1. The van der Waals surface area contributed by atoms with Gasteiger partial charge < -0.3 is 9.26 Å². The highest BCUT2D eigenvalue weighted by atomic mass is 19.1. The average molecular weight is 284 g/mol. The third-order valence-corrected chi connectivity index (χ3v) is 2.97. The van der Waals surface area contributed by atoms with Gasteiger partial charge in [0.2, 0.25) is 5.88 Å². The van der Waals surface area contributed by atoms with E-state index in [1.54, 1.807) is 30.7 Å². The van der Waals surface area contributed by atoms with Crippen LogP contribution in [0.25, 0.3) is 0 Å². The fraction of sp³-hybridized carbons (Fsp3) is 0.125. The van der Waals surface area contributed by atoms with E-state index in [1.165, 1.54) is 12.1 Å². The number of hydrogen-bond acceptors (Lipinski definition) is 4. The average Bonchev–Trinajstić information content (AvgIpc) is 3.01. The maximum Gasteiger partial charge on any atom is 0.213 e. The van der Waals surface area contributed by atoms with Gasteiger partial charge in [-0.3, -0.25) is 0 Å². The fourth-order valence-electron chi connectivity index (χ4n) is 1.88. The van der Waals surface area contributed by atoms with Gasteiger partial charge in [0.25, 0.3) is 0 Å². The summed E-state index contributed by atoms with van der Waals surface area (Å²) in [6.45, 7) is 0.357. The number of halogens is 1. The first-order chi connectivity index (χ1) is 10.3. The number of benzene rings is 1. The highest BCUT2D eigenvalue weighted by molar-refractivity contribution is 5.22. The zero-order valence-electron chi connectivity index (χ0n) is 11.2. The van der Waals surface area contributed by atoms with Crippen molar-refractivity contribution in [1.82, 2.24) is 10.1 Å². The highest BCUT2D eigenvalue weighted by Gasteiger charge is 2.02. The van der Waals surface area contributed by atoms with Gasteiger partial charge in [-0.15, -0.1) is 0 Å². The molecule has 0 amide bonds. The van der Waals surface area contributed by atoms with E-state index >= 15 is 0 Å². The molecule has 0 atom stereocenters. The standard InChI is InChI=1S/C16H13FN2O2/c17-14-4-1-12(2-5-14)11-20-16-6-3-13(10-18-16)9-15-7-8-21-19-15/h1-8,10H,9,11H2. The van der Waals surface area contributed by atoms with E-state index in [2.05, 4.69) is 10.1 Å². The number of hydrogen-bond donors (Lipinski definition) is 0. The van der Waals surface area contributed by atoms with Crippen LogP contribution in [0.3, 0.4) is 0 Å². The molecule has 21 heavy (non-hydrogen) atoms. The summed E-state index contributed by atoms with van der Waals surface area (Å²) < 4.78 is 23.1. The van der Waals surface area contributed by atoms with Gasteiger partial charge in [-0.25, -0.2) is 9.37 Å². The molecule has 3 rings (SSSR count). The first kappa shape index (κ1) is 13.3. The Morgan fingerprint density at radius 3 is 2.48 bits per heavy atom. The first-order valence-corrected chi connectivity index (χ1v) is 6.51. The Hall–Kier alpha value is -2.69. The lowest BCUT2D eigenvalue weighted by molar-refractivity contribution is 0.293. The summed E-state index contributed by atoms with van der Waals surface area (Å²) in [5.74, 6) is 0.275. The molecular formula is C16H13FN2O2. The quantitative estimate of drug-likeness (QED) is 0.720. The molecule has 2 aromatic heterocycles. The number of rotatable bonds is 5. The van der Waals surface area contributed by atoms with Crippen molar-refractivity contribution in [3.63, 3.8) is 0 Å². The van der Waals surface area contributed by atoms with Crippen molar-refractivity contribution in [1.29, 1.82) is 0 Å². The van der Waals surface area contributed by atoms with Crippen LogP contribution in [0.5, 0.6) is 5.88 Å². The lowest BCUT2D eigenvalue weighted by Crippen LogP contribution is -1.98. The van der Waals surface area contributed by atoms with Gasteiger partial charge >= 0.3 is 0 Å². The van der Waals surface area contributed by atoms with Crippen molar-refractivity contribution >= 4 is 0 Å². The van der Waals surface area contributed by atoms with Crippen LogP contribution in [0, 0.1) is 5.82 Å². The van der Waals surface area contributed by atoms with Crippen LogP contribution in [0.4, 0.5) is 4.39 Å². The van der Waals surface area contributed by atoms with Crippen LogP contribution in [-0.2, 0) is 13.0 Å². The molecule has 0 unspecified atom stereocenters. The Labute approximate surface area is 121 Å². The fourth-order valence-corrected chi connectivity index (χ4v) is 1.88. The van der Waals surface area contributed by atoms with Gasteiger partial charge in [0.15, 0.2) is 0 Å². The van der Waals surface area contributed by atoms with Gasteiger partial charge in [0, 0.05) is 24.8 Å². The summed E-state index contributed by atoms with van der Waals surface area (Å²) in [5, 5.41) is 3.85. The van der Waals surface area contributed by atoms with Gasteiger partial charge in [-0.2, -0.15) is 0 Å². The highest BCUT2D eigenvalue weighted by Crippen LogP contribution is 2.13. The summed E-state index contributed by atoms with van der Waals surface area (Å²) in [5.41, 5.74) is 2.78. The SMILES string of the molecule is Fc1ccc(COc2ccc(Cc3ccon3)cn2)cc1. The van der Waals surface area contributed by atoms with E-state index < -0.39 is 0 Å². The van der Waals surface area contributed by atoms with E-state index in [-0.39, 0.29) is 5.82 Å². The second-order valence-electron chi connectivity index (χ2n) is 4.59. The predicted octanol–water partition coefficient (Wildman–Crippen LogP) is 3.38. The van der Waals surface area contributed by atoms with Crippen LogP contribution in [-0.4, -0.2) is 10.1 Å². The number of ether oxygens (including phenoxy) is 1. The molecule has 0 aliphatic heterocycles. The van der Waals surface area contributed by atoms with Crippen LogP contribution in [0.2, 0.25) is 0 Å². The smallest absolute Gasteiger partial charge is 0.213 e. The minimum atomic E-state index is -0.255. The van der Waals surface area contributed by atoms with Crippen molar-refractivity contribution in [2.45, 2.75) is 13.0 Å². The van der Waals surface area contributed by atoms with E-state index in [9.17, 15) is 4.39 Å². The summed E-state index contributed by atoms with van der Waals surface area (Å²) in [4.78, 5) is 4.24. The van der Waals surface area contributed by atoms with E-state index in [4.69, 9.17) is 9.26 Å². The molecule has 5 heteroatoms. The maximum absolute atomic E-state index is 12.8. The molecule has 106 valence electrons. The molecule has 0 bridgehead atoms. The molecule has 3 aromatic rings. The molecule has 0 radical (unpaired) electrons. The lowest BCUT2D eigenvalue weighted by Gasteiger charge is -2.06. The Kier molecular flexibility index (Phi) is 3.91. The molecule has 0 saturated carbocycles. The van der Waals surface area contributed by atoms with Crippen molar-refractivity contribution < 1.29 is 13.7 Å². The third-order valence-electron chi connectivity index (χ3n) is 2.97. The summed E-state index contributed by atoms with van der Waals surface area (Å²) in [6.07, 6.45) is 3.96. The van der Waals surface area contributed by atoms with Crippen LogP contribution in [0.1, 0.15) is 16.8 Å². The van der Waals surface area contributed by atoms with Gasteiger partial charge in [-0.1, -0.05) is 23.4 Å². The number of nitrogens with zero attached hydrogens (tertiary/aromatic N) is 2. The van der Waals surface area contributed by atoms with Gasteiger partial charge in [0.05, 0.1) is 5.69 Å². The minimum Gasteiger partial charge on any atom is -0.473 e. The van der Waals surface area contributed by atoms with Crippen molar-refractivity contribution in [3.8, 4) is 5.88 Å². The van der Waals surface area contributed by atoms with Gasteiger partial charge in [-0.05, 0) is 23.3 Å². The first-order valence-electron chi connectivity index (χ1n) is 6.51. The summed E-state index contributed by atoms with van der Waals surface area (Å²) in [7, 11) is 0. The maximum atomic E-state index is 12.8. The largest absolute Gasteiger partial charge is 0.473 e.